The fourth-order valence-corrected chi connectivity index (χ4v) is 5.26. The van der Waals surface area contributed by atoms with E-state index < -0.39 is 0 Å². The first-order valence-electron chi connectivity index (χ1n) is 10.1. The van der Waals surface area contributed by atoms with Gasteiger partial charge in [0.2, 0.25) is 5.91 Å². The van der Waals surface area contributed by atoms with Crippen molar-refractivity contribution in [3.63, 3.8) is 0 Å². The van der Waals surface area contributed by atoms with E-state index in [9.17, 15) is 9.59 Å². The number of hydrogen-bond donors (Lipinski definition) is 1. The molecule has 1 aliphatic carbocycles. The standard InChI is InChI=1S/C19H29N5O2.ClH/c20-10-17-4-3-7-24(17)18(25)11-21-16-8-14-12-23(13-15(14)9-16)19(26)22-5-1-2-6-22;/h14-17,21H,1-9,11-13H2;1H/t14-,15+,16?,17-;/m0./s1. The van der Waals surface area contributed by atoms with Gasteiger partial charge in [-0.05, 0) is 50.4 Å². The number of carbonyl (C=O) groups excluding carboxylic acids is 2. The van der Waals surface area contributed by atoms with Gasteiger partial charge in [0, 0.05) is 38.8 Å². The number of amides is 3. The summed E-state index contributed by atoms with van der Waals surface area (Å²) in [5.41, 5.74) is 0. The molecule has 7 nitrogen and oxygen atoms in total. The van der Waals surface area contributed by atoms with Gasteiger partial charge in [0.05, 0.1) is 12.6 Å². The van der Waals surface area contributed by atoms with Crippen molar-refractivity contribution in [2.75, 3.05) is 39.3 Å². The fourth-order valence-electron chi connectivity index (χ4n) is 5.26. The number of urea groups is 1. The molecule has 150 valence electrons. The number of nitrogens with zero attached hydrogens (tertiary/aromatic N) is 4. The third-order valence-electron chi connectivity index (χ3n) is 6.66. The average Bonchev–Trinajstić information content (AvgIpc) is 3.42. The third kappa shape index (κ3) is 4.17. The van der Waals surface area contributed by atoms with Crippen LogP contribution >= 0.6 is 12.4 Å². The Hall–Kier alpha value is -1.52. The number of nitriles is 1. The maximum atomic E-state index is 12.5. The lowest BCUT2D eigenvalue weighted by atomic mass is 10.0. The highest BCUT2D eigenvalue weighted by Crippen LogP contribution is 2.38. The van der Waals surface area contributed by atoms with Crippen molar-refractivity contribution in [3.05, 3.63) is 0 Å². The van der Waals surface area contributed by atoms with Crippen LogP contribution in [0.4, 0.5) is 4.79 Å². The van der Waals surface area contributed by atoms with Gasteiger partial charge in [-0.3, -0.25) is 4.79 Å². The molecule has 8 heteroatoms. The molecule has 3 amide bonds. The monoisotopic (exact) mass is 395 g/mol. The van der Waals surface area contributed by atoms with Crippen LogP contribution in [0.3, 0.4) is 0 Å². The Kier molecular flexibility index (Phi) is 6.48. The fraction of sp³-hybridized carbons (Fsp3) is 0.842. The second kappa shape index (κ2) is 8.66. The molecule has 0 spiro atoms. The number of likely N-dealkylation sites (tertiary alicyclic amines) is 3. The Morgan fingerprint density at radius 2 is 1.67 bits per heavy atom. The molecule has 0 aromatic heterocycles. The van der Waals surface area contributed by atoms with E-state index in [1.54, 1.807) is 4.90 Å². The van der Waals surface area contributed by atoms with Crippen LogP contribution in [-0.4, -0.2) is 78.0 Å². The van der Waals surface area contributed by atoms with E-state index in [2.05, 4.69) is 11.4 Å². The summed E-state index contributed by atoms with van der Waals surface area (Å²) in [6.45, 7) is 4.61. The zero-order valence-electron chi connectivity index (χ0n) is 15.8. The third-order valence-corrected chi connectivity index (χ3v) is 6.66. The molecule has 1 N–H and O–H groups in total. The molecule has 4 rings (SSSR count). The molecule has 0 radical (unpaired) electrons. The van der Waals surface area contributed by atoms with Crippen molar-refractivity contribution >= 4 is 24.3 Å². The number of fused-ring (bicyclic) bond motifs is 1. The first-order valence-corrected chi connectivity index (χ1v) is 10.1. The molecule has 3 heterocycles. The predicted molar refractivity (Wildman–Crippen MR) is 103 cm³/mol. The van der Waals surface area contributed by atoms with Gasteiger partial charge in [-0.15, -0.1) is 12.4 Å². The van der Waals surface area contributed by atoms with Crippen LogP contribution in [0.2, 0.25) is 0 Å². The van der Waals surface area contributed by atoms with Gasteiger partial charge >= 0.3 is 6.03 Å². The summed E-state index contributed by atoms with van der Waals surface area (Å²) < 4.78 is 0. The van der Waals surface area contributed by atoms with Gasteiger partial charge in [0.25, 0.3) is 0 Å². The van der Waals surface area contributed by atoms with Crippen molar-refractivity contribution in [3.8, 4) is 6.07 Å². The van der Waals surface area contributed by atoms with Crippen molar-refractivity contribution < 1.29 is 9.59 Å². The topological polar surface area (TPSA) is 79.7 Å². The molecule has 27 heavy (non-hydrogen) atoms. The van der Waals surface area contributed by atoms with Crippen LogP contribution in [0, 0.1) is 23.2 Å². The summed E-state index contributed by atoms with van der Waals surface area (Å²) in [5.74, 6) is 1.18. The van der Waals surface area contributed by atoms with Crippen LogP contribution in [0.15, 0.2) is 0 Å². The summed E-state index contributed by atoms with van der Waals surface area (Å²) in [5, 5.41) is 12.5. The van der Waals surface area contributed by atoms with E-state index >= 15 is 0 Å². The number of rotatable bonds is 3. The minimum absolute atomic E-state index is 0. The largest absolute Gasteiger partial charge is 0.326 e. The Morgan fingerprint density at radius 3 is 2.30 bits per heavy atom. The molecule has 0 aromatic rings. The Morgan fingerprint density at radius 1 is 1.00 bits per heavy atom. The lowest BCUT2D eigenvalue weighted by Gasteiger charge is -2.25. The Bertz CT molecular complexity index is 589. The SMILES string of the molecule is Cl.N#C[C@@H]1CCCN1C(=O)CNC1C[C@@H]2CN(C(=O)N3CCCC3)C[C@@H]2C1. The lowest BCUT2D eigenvalue weighted by molar-refractivity contribution is -0.130. The quantitative estimate of drug-likeness (QED) is 0.784. The zero-order valence-corrected chi connectivity index (χ0v) is 16.6. The second-order valence-corrected chi connectivity index (χ2v) is 8.33. The highest BCUT2D eigenvalue weighted by molar-refractivity contribution is 5.85. The van der Waals surface area contributed by atoms with Crippen molar-refractivity contribution in [2.24, 2.45) is 11.8 Å². The van der Waals surface area contributed by atoms with Gasteiger partial charge in [0.15, 0.2) is 0 Å². The minimum atomic E-state index is -0.239. The number of nitrogens with one attached hydrogen (secondary N) is 1. The van der Waals surface area contributed by atoms with E-state index in [1.807, 2.05) is 9.80 Å². The Balaban J connectivity index is 0.00000210. The summed E-state index contributed by atoms with van der Waals surface area (Å²) in [4.78, 5) is 30.7. The summed E-state index contributed by atoms with van der Waals surface area (Å²) >= 11 is 0. The van der Waals surface area contributed by atoms with E-state index in [0.29, 0.717) is 31.0 Å². The smallest absolute Gasteiger partial charge is 0.320 e. The van der Waals surface area contributed by atoms with Gasteiger partial charge in [-0.1, -0.05) is 0 Å². The molecule has 0 aromatic carbocycles. The van der Waals surface area contributed by atoms with Crippen molar-refractivity contribution in [2.45, 2.75) is 50.6 Å². The molecule has 0 bridgehead atoms. The van der Waals surface area contributed by atoms with E-state index in [1.165, 1.54) is 0 Å². The molecule has 3 aliphatic heterocycles. The molecule has 3 saturated heterocycles. The van der Waals surface area contributed by atoms with Gasteiger partial charge < -0.3 is 20.0 Å². The highest BCUT2D eigenvalue weighted by Gasteiger charge is 2.43. The van der Waals surface area contributed by atoms with Gasteiger partial charge in [0.1, 0.15) is 6.04 Å². The van der Waals surface area contributed by atoms with E-state index in [4.69, 9.17) is 5.26 Å². The van der Waals surface area contributed by atoms with Crippen LogP contribution in [0.5, 0.6) is 0 Å². The first kappa shape index (κ1) is 20.2. The van der Waals surface area contributed by atoms with Crippen LogP contribution in [0.25, 0.3) is 0 Å². The number of carbonyl (C=O) groups is 2. The molecule has 1 saturated carbocycles. The first-order chi connectivity index (χ1) is 12.7. The lowest BCUT2D eigenvalue weighted by Crippen LogP contribution is -2.44. The highest BCUT2D eigenvalue weighted by atomic mass is 35.5. The van der Waals surface area contributed by atoms with Gasteiger partial charge in [-0.2, -0.15) is 5.26 Å². The predicted octanol–water partition coefficient (Wildman–Crippen LogP) is 1.44. The second-order valence-electron chi connectivity index (χ2n) is 8.33. The normalized spacial score (nSPS) is 32.3. The minimum Gasteiger partial charge on any atom is -0.326 e. The zero-order chi connectivity index (χ0) is 18.1. The summed E-state index contributed by atoms with van der Waals surface area (Å²) in [6.07, 6.45) is 6.09. The van der Waals surface area contributed by atoms with Crippen LogP contribution in [0.1, 0.15) is 38.5 Å². The summed E-state index contributed by atoms with van der Waals surface area (Å²) in [7, 11) is 0. The molecule has 4 fully saturated rings. The molecular weight excluding hydrogens is 366 g/mol. The van der Waals surface area contributed by atoms with E-state index in [-0.39, 0.29) is 30.4 Å². The maximum absolute atomic E-state index is 12.5. The van der Waals surface area contributed by atoms with Gasteiger partial charge in [-0.25, -0.2) is 4.79 Å². The van der Waals surface area contributed by atoms with Crippen molar-refractivity contribution in [1.29, 1.82) is 5.26 Å². The number of halogens is 1. The molecular formula is C19H30ClN5O2. The van der Waals surface area contributed by atoms with Crippen LogP contribution in [-0.2, 0) is 4.79 Å². The Labute approximate surface area is 167 Å². The molecule has 1 unspecified atom stereocenters. The van der Waals surface area contributed by atoms with E-state index in [0.717, 1.165) is 64.7 Å². The summed E-state index contributed by atoms with van der Waals surface area (Å²) in [6, 6.07) is 2.58. The molecule has 4 atom stereocenters. The average molecular weight is 396 g/mol. The molecule has 4 aliphatic rings. The maximum Gasteiger partial charge on any atom is 0.320 e. The van der Waals surface area contributed by atoms with Crippen LogP contribution < -0.4 is 5.32 Å². The van der Waals surface area contributed by atoms with Crippen molar-refractivity contribution in [1.82, 2.24) is 20.0 Å². The number of hydrogen-bond acceptors (Lipinski definition) is 4.